The van der Waals surface area contributed by atoms with E-state index in [9.17, 15) is 36.3 Å². The number of halogens is 5. The van der Waals surface area contributed by atoms with Crippen molar-refractivity contribution < 1.29 is 36.3 Å². The second-order valence-electron chi connectivity index (χ2n) is 7.27. The van der Waals surface area contributed by atoms with Crippen molar-refractivity contribution in [2.45, 2.75) is 64.3 Å². The van der Waals surface area contributed by atoms with Crippen LogP contribution in [0.4, 0.5) is 22.0 Å². The summed E-state index contributed by atoms with van der Waals surface area (Å²) in [4.78, 5) is 37.4. The number of rotatable bonds is 7. The van der Waals surface area contributed by atoms with Crippen LogP contribution >= 0.6 is 0 Å². The fourth-order valence-corrected chi connectivity index (χ4v) is 2.52. The first kappa shape index (κ1) is 23.3. The van der Waals surface area contributed by atoms with Gasteiger partial charge < -0.3 is 16.0 Å². The van der Waals surface area contributed by atoms with Crippen molar-refractivity contribution in [2.75, 3.05) is 6.54 Å². The van der Waals surface area contributed by atoms with E-state index >= 15 is 0 Å². The van der Waals surface area contributed by atoms with Crippen molar-refractivity contribution >= 4 is 17.6 Å². The van der Waals surface area contributed by atoms with Gasteiger partial charge in [-0.25, -0.2) is 0 Å². The van der Waals surface area contributed by atoms with Crippen LogP contribution in [-0.4, -0.2) is 59.3 Å². The van der Waals surface area contributed by atoms with Crippen molar-refractivity contribution in [1.29, 1.82) is 0 Å². The van der Waals surface area contributed by atoms with Gasteiger partial charge in [-0.15, -0.1) is 0 Å². The van der Waals surface area contributed by atoms with Crippen LogP contribution in [0.25, 0.3) is 0 Å². The van der Waals surface area contributed by atoms with Gasteiger partial charge in [0.05, 0.1) is 12.1 Å². The van der Waals surface area contributed by atoms with Crippen LogP contribution < -0.4 is 11.1 Å². The van der Waals surface area contributed by atoms with E-state index in [1.807, 2.05) is 5.32 Å². The fraction of sp³-hybridized carbons (Fsp3) is 0.812. The lowest BCUT2D eigenvalue weighted by Gasteiger charge is -2.42. The number of nitrogens with zero attached hydrogens (tertiary/aromatic N) is 1. The number of Topliss-reactive ketones (excluding diaryl/α,β-unsaturated/α-hetero) is 1. The normalized spacial score (nSPS) is 20.3. The van der Waals surface area contributed by atoms with Crippen molar-refractivity contribution in [3.8, 4) is 0 Å². The van der Waals surface area contributed by atoms with Crippen LogP contribution in [0.3, 0.4) is 0 Å². The molecule has 11 heteroatoms. The number of nitrogens with one attached hydrogen (secondary N) is 1. The number of amides is 2. The SMILES string of the molecule is CC(C)C(NC(=O)[C@@H]1CCN1C(=O)[C@@H](N)C(C)C)C(=O)C(F)(F)C(F)(F)F. The first-order chi connectivity index (χ1) is 12.1. The lowest BCUT2D eigenvalue weighted by molar-refractivity contribution is -0.270. The number of alkyl halides is 5. The summed E-state index contributed by atoms with van der Waals surface area (Å²) in [5, 5.41) is 1.95. The maximum atomic E-state index is 13.4. The van der Waals surface area contributed by atoms with E-state index in [1.54, 1.807) is 13.8 Å². The van der Waals surface area contributed by atoms with Crippen molar-refractivity contribution in [3.63, 3.8) is 0 Å². The van der Waals surface area contributed by atoms with Gasteiger partial charge in [-0.2, -0.15) is 22.0 Å². The highest BCUT2D eigenvalue weighted by molar-refractivity contribution is 5.97. The molecule has 0 aromatic rings. The fourth-order valence-electron chi connectivity index (χ4n) is 2.52. The van der Waals surface area contributed by atoms with Crippen molar-refractivity contribution in [2.24, 2.45) is 17.6 Å². The van der Waals surface area contributed by atoms with E-state index < -0.39 is 53.7 Å². The van der Waals surface area contributed by atoms with E-state index in [2.05, 4.69) is 0 Å². The second kappa shape index (κ2) is 8.07. The number of carbonyl (C=O) groups excluding carboxylic acids is 3. The molecule has 0 aromatic heterocycles. The predicted molar refractivity (Wildman–Crippen MR) is 85.7 cm³/mol. The van der Waals surface area contributed by atoms with Crippen LogP contribution in [-0.2, 0) is 14.4 Å². The predicted octanol–water partition coefficient (Wildman–Crippen LogP) is 1.48. The molecular weight excluding hydrogens is 377 g/mol. The third-order valence-corrected chi connectivity index (χ3v) is 4.52. The van der Waals surface area contributed by atoms with Gasteiger partial charge in [0.1, 0.15) is 6.04 Å². The van der Waals surface area contributed by atoms with E-state index in [0.29, 0.717) is 0 Å². The van der Waals surface area contributed by atoms with Gasteiger partial charge in [-0.3, -0.25) is 14.4 Å². The zero-order valence-electron chi connectivity index (χ0n) is 15.4. The van der Waals surface area contributed by atoms with Crippen LogP contribution in [0.1, 0.15) is 34.1 Å². The number of carbonyl (C=O) groups is 3. The monoisotopic (exact) mass is 401 g/mol. The quantitative estimate of drug-likeness (QED) is 0.632. The van der Waals surface area contributed by atoms with Gasteiger partial charge in [0.15, 0.2) is 0 Å². The minimum absolute atomic E-state index is 0.192. The molecule has 6 nitrogen and oxygen atoms in total. The van der Waals surface area contributed by atoms with Gasteiger partial charge in [-0.05, 0) is 18.3 Å². The number of hydrogen-bond donors (Lipinski definition) is 2. The number of ketones is 1. The minimum atomic E-state index is -6.07. The van der Waals surface area contributed by atoms with E-state index in [4.69, 9.17) is 5.73 Å². The van der Waals surface area contributed by atoms with Crippen molar-refractivity contribution in [3.05, 3.63) is 0 Å². The summed E-state index contributed by atoms with van der Waals surface area (Å²) in [7, 11) is 0. The molecule has 1 unspecified atom stereocenters. The minimum Gasteiger partial charge on any atom is -0.344 e. The zero-order chi connectivity index (χ0) is 21.3. The molecule has 1 aliphatic rings. The summed E-state index contributed by atoms with van der Waals surface area (Å²) >= 11 is 0. The Bertz CT molecular complexity index is 592. The Balaban J connectivity index is 2.91. The molecule has 156 valence electrons. The number of nitrogens with two attached hydrogens (primary N) is 1. The summed E-state index contributed by atoms with van der Waals surface area (Å²) < 4.78 is 64.1. The summed E-state index contributed by atoms with van der Waals surface area (Å²) in [5.74, 6) is -10.7. The molecule has 0 bridgehead atoms. The molecule has 1 fully saturated rings. The maximum absolute atomic E-state index is 13.4. The lowest BCUT2D eigenvalue weighted by atomic mass is 9.93. The topological polar surface area (TPSA) is 92.5 Å². The Kier molecular flexibility index (Phi) is 6.95. The summed E-state index contributed by atoms with van der Waals surface area (Å²) in [6, 6.07) is -3.99. The van der Waals surface area contributed by atoms with E-state index in [0.717, 1.165) is 4.90 Å². The average molecular weight is 401 g/mol. The Labute approximate surface area is 153 Å². The standard InChI is InChI=1S/C16H24F5N3O3/c1-7(2)10(22)14(27)24-6-5-9(24)13(26)23-11(8(3)4)12(25)15(17,18)16(19,20)21/h7-11H,5-6,22H2,1-4H3,(H,23,26)/t9-,10-,11?/m0/s1. The van der Waals surface area contributed by atoms with Gasteiger partial charge >= 0.3 is 12.1 Å². The first-order valence-corrected chi connectivity index (χ1v) is 8.48. The highest BCUT2D eigenvalue weighted by atomic mass is 19.4. The van der Waals surface area contributed by atoms with Gasteiger partial charge in [0.25, 0.3) is 0 Å². The molecule has 1 rings (SSSR count). The molecule has 3 atom stereocenters. The molecule has 0 radical (unpaired) electrons. The molecule has 1 heterocycles. The lowest BCUT2D eigenvalue weighted by Crippen LogP contribution is -2.65. The van der Waals surface area contributed by atoms with Crippen LogP contribution in [0, 0.1) is 11.8 Å². The van der Waals surface area contributed by atoms with E-state index in [1.165, 1.54) is 13.8 Å². The molecule has 0 aliphatic carbocycles. The molecule has 1 aliphatic heterocycles. The largest absolute Gasteiger partial charge is 0.461 e. The summed E-state index contributed by atoms with van der Waals surface area (Å²) in [6.07, 6.45) is -5.87. The Hall–Kier alpha value is -1.78. The second-order valence-corrected chi connectivity index (χ2v) is 7.27. The van der Waals surface area contributed by atoms with Crippen LogP contribution in [0.5, 0.6) is 0 Å². The number of likely N-dealkylation sites (tertiary alicyclic amines) is 1. The molecule has 3 N–H and O–H groups in total. The third-order valence-electron chi connectivity index (χ3n) is 4.52. The van der Waals surface area contributed by atoms with Crippen molar-refractivity contribution in [1.82, 2.24) is 10.2 Å². The van der Waals surface area contributed by atoms with Gasteiger partial charge in [0.2, 0.25) is 17.6 Å². The van der Waals surface area contributed by atoms with E-state index in [-0.39, 0.29) is 18.9 Å². The molecule has 0 saturated carbocycles. The number of hydrogen-bond acceptors (Lipinski definition) is 4. The first-order valence-electron chi connectivity index (χ1n) is 8.48. The Morgan fingerprint density at radius 2 is 1.56 bits per heavy atom. The van der Waals surface area contributed by atoms with Gasteiger partial charge in [0, 0.05) is 6.54 Å². The molecule has 1 saturated heterocycles. The van der Waals surface area contributed by atoms with Crippen LogP contribution in [0.15, 0.2) is 0 Å². The maximum Gasteiger partial charge on any atom is 0.461 e. The molecular formula is C16H24F5N3O3. The third kappa shape index (κ3) is 4.74. The molecule has 27 heavy (non-hydrogen) atoms. The Morgan fingerprint density at radius 1 is 1.04 bits per heavy atom. The smallest absolute Gasteiger partial charge is 0.344 e. The van der Waals surface area contributed by atoms with Gasteiger partial charge in [-0.1, -0.05) is 27.7 Å². The molecule has 0 spiro atoms. The summed E-state index contributed by atoms with van der Waals surface area (Å²) in [6.45, 7) is 6.06. The highest BCUT2D eigenvalue weighted by Gasteiger charge is 2.64. The highest BCUT2D eigenvalue weighted by Crippen LogP contribution is 2.37. The average Bonchev–Trinajstić information content (AvgIpc) is 2.48. The zero-order valence-corrected chi connectivity index (χ0v) is 15.4. The summed E-state index contributed by atoms with van der Waals surface area (Å²) in [5.41, 5.74) is 5.73. The van der Waals surface area contributed by atoms with Crippen LogP contribution in [0.2, 0.25) is 0 Å². The molecule has 0 aromatic carbocycles. The Morgan fingerprint density at radius 3 is 1.89 bits per heavy atom. The molecule has 2 amide bonds.